The van der Waals surface area contributed by atoms with Crippen molar-refractivity contribution >= 4 is 5.57 Å². The van der Waals surface area contributed by atoms with Gasteiger partial charge in [0, 0.05) is 12.0 Å². The van der Waals surface area contributed by atoms with Crippen molar-refractivity contribution < 1.29 is 5.11 Å². The van der Waals surface area contributed by atoms with E-state index >= 15 is 0 Å². The number of rotatable bonds is 9. The van der Waals surface area contributed by atoms with Crippen LogP contribution in [0, 0.1) is 13.3 Å². The molecule has 0 aliphatic heterocycles. The summed E-state index contributed by atoms with van der Waals surface area (Å²) in [5.41, 5.74) is 21.4. The molecule has 1 radical (unpaired) electrons. The van der Waals surface area contributed by atoms with Crippen LogP contribution in [0.25, 0.3) is 94.6 Å². The van der Waals surface area contributed by atoms with Gasteiger partial charge >= 0.3 is 0 Å². The summed E-state index contributed by atoms with van der Waals surface area (Å²) in [6, 6.07) is 75.5. The molecule has 10 rings (SSSR count). The maximum absolute atomic E-state index is 11.6. The Labute approximate surface area is 346 Å². The van der Waals surface area contributed by atoms with Gasteiger partial charge in [-0.1, -0.05) is 164 Å². The van der Waals surface area contributed by atoms with Crippen molar-refractivity contribution in [2.75, 3.05) is 0 Å². The Bertz CT molecular complexity index is 2880. The molecule has 59 heavy (non-hydrogen) atoms. The zero-order chi connectivity index (χ0) is 39.7. The highest BCUT2D eigenvalue weighted by atomic mass is 16.3. The van der Waals surface area contributed by atoms with Crippen LogP contribution in [0.5, 0.6) is 5.75 Å². The fraction of sp³-hybridized carbons (Fsp3) is 0.0172. The lowest BCUT2D eigenvalue weighted by atomic mass is 9.85. The van der Waals surface area contributed by atoms with E-state index in [4.69, 9.17) is 0 Å². The summed E-state index contributed by atoms with van der Waals surface area (Å²) in [7, 11) is 0. The summed E-state index contributed by atoms with van der Waals surface area (Å²) in [4.78, 5) is 0. The first kappa shape index (κ1) is 35.9. The van der Waals surface area contributed by atoms with Gasteiger partial charge in [0.15, 0.2) is 0 Å². The van der Waals surface area contributed by atoms with E-state index in [1.165, 1.54) is 55.6 Å². The fourth-order valence-corrected chi connectivity index (χ4v) is 8.38. The van der Waals surface area contributed by atoms with Gasteiger partial charge in [-0.2, -0.15) is 0 Å². The Morgan fingerprint density at radius 2 is 0.661 bits per heavy atom. The first-order chi connectivity index (χ1) is 29.1. The monoisotopic (exact) mass is 753 g/mol. The molecule has 0 saturated carbocycles. The molecular formula is C58H41O. The average Bonchev–Trinajstić information content (AvgIpc) is 4.16. The number of phenolic OH excluding ortho intramolecular Hbond substituents is 1. The Balaban J connectivity index is 1.09. The summed E-state index contributed by atoms with van der Waals surface area (Å²) >= 11 is 0. The quantitative estimate of drug-likeness (QED) is 0.156. The van der Waals surface area contributed by atoms with Crippen LogP contribution in [-0.4, -0.2) is 5.11 Å². The van der Waals surface area contributed by atoms with Gasteiger partial charge in [0.25, 0.3) is 0 Å². The van der Waals surface area contributed by atoms with Gasteiger partial charge < -0.3 is 5.11 Å². The third-order valence-electron chi connectivity index (χ3n) is 11.4. The molecule has 9 aromatic carbocycles. The first-order valence-corrected chi connectivity index (χ1v) is 20.2. The number of hydrogen-bond donors (Lipinski definition) is 1. The van der Waals surface area contributed by atoms with Gasteiger partial charge in [-0.15, -0.1) is 0 Å². The molecule has 9 aromatic rings. The Morgan fingerprint density at radius 1 is 0.288 bits per heavy atom. The van der Waals surface area contributed by atoms with Crippen LogP contribution in [-0.2, 0) is 0 Å². The van der Waals surface area contributed by atoms with Crippen molar-refractivity contribution in [3.8, 4) is 94.8 Å². The summed E-state index contributed by atoms with van der Waals surface area (Å²) in [6.07, 6.45) is 4.41. The molecule has 0 aromatic heterocycles. The highest BCUT2D eigenvalue weighted by Gasteiger charge is 2.23. The molecule has 1 nitrogen and oxygen atoms in total. The highest BCUT2D eigenvalue weighted by molar-refractivity contribution is 6.02. The van der Waals surface area contributed by atoms with E-state index in [2.05, 4.69) is 226 Å². The second-order valence-electron chi connectivity index (χ2n) is 15.3. The van der Waals surface area contributed by atoms with Crippen molar-refractivity contribution in [1.82, 2.24) is 0 Å². The third-order valence-corrected chi connectivity index (χ3v) is 11.4. The molecule has 0 heterocycles. The number of phenols is 1. The van der Waals surface area contributed by atoms with Crippen LogP contribution in [0.15, 0.2) is 218 Å². The Hall–Kier alpha value is -7.48. The minimum atomic E-state index is 0.268. The molecule has 1 aliphatic rings. The Kier molecular flexibility index (Phi) is 9.41. The fourth-order valence-electron chi connectivity index (χ4n) is 8.38. The van der Waals surface area contributed by atoms with Crippen molar-refractivity contribution in [2.24, 2.45) is 0 Å². The number of aromatic hydroxyl groups is 1. The topological polar surface area (TPSA) is 20.2 Å². The number of hydrogen-bond acceptors (Lipinski definition) is 1. The average molecular weight is 754 g/mol. The second kappa shape index (κ2) is 15.5. The van der Waals surface area contributed by atoms with E-state index < -0.39 is 0 Å². The van der Waals surface area contributed by atoms with E-state index in [1.807, 2.05) is 6.07 Å². The largest absolute Gasteiger partial charge is 0.507 e. The van der Waals surface area contributed by atoms with Crippen molar-refractivity contribution in [2.45, 2.75) is 6.92 Å². The van der Waals surface area contributed by atoms with Crippen LogP contribution in [0.1, 0.15) is 11.1 Å². The van der Waals surface area contributed by atoms with E-state index in [0.717, 1.165) is 50.1 Å². The lowest BCUT2D eigenvalue weighted by Gasteiger charge is -2.19. The third kappa shape index (κ3) is 7.31. The Morgan fingerprint density at radius 3 is 1.14 bits per heavy atom. The lowest BCUT2D eigenvalue weighted by molar-refractivity contribution is 0.477. The predicted molar refractivity (Wildman–Crippen MR) is 249 cm³/mol. The van der Waals surface area contributed by atoms with Gasteiger partial charge in [-0.3, -0.25) is 0 Å². The van der Waals surface area contributed by atoms with Gasteiger partial charge in [-0.05, 0) is 162 Å². The highest BCUT2D eigenvalue weighted by Crippen LogP contribution is 2.47. The van der Waals surface area contributed by atoms with E-state index in [-0.39, 0.29) is 5.75 Å². The van der Waals surface area contributed by atoms with Crippen LogP contribution in [0.3, 0.4) is 0 Å². The number of allylic oxidation sites excluding steroid dienone is 2. The maximum Gasteiger partial charge on any atom is 0.123 e. The van der Waals surface area contributed by atoms with Crippen LogP contribution in [0.4, 0.5) is 0 Å². The van der Waals surface area contributed by atoms with Crippen molar-refractivity contribution in [1.29, 1.82) is 0 Å². The number of aryl methyl sites for hydroxylation is 1. The van der Waals surface area contributed by atoms with Crippen LogP contribution < -0.4 is 0 Å². The molecule has 0 atom stereocenters. The zero-order valence-electron chi connectivity index (χ0n) is 32.8. The maximum atomic E-state index is 11.6. The smallest absolute Gasteiger partial charge is 0.123 e. The summed E-state index contributed by atoms with van der Waals surface area (Å²) in [5, 5.41) is 11.6. The van der Waals surface area contributed by atoms with E-state index in [0.29, 0.717) is 0 Å². The minimum absolute atomic E-state index is 0.268. The minimum Gasteiger partial charge on any atom is -0.507 e. The molecule has 0 fully saturated rings. The van der Waals surface area contributed by atoms with Crippen molar-refractivity contribution in [3.05, 3.63) is 236 Å². The molecule has 0 bridgehead atoms. The lowest BCUT2D eigenvalue weighted by Crippen LogP contribution is -1.95. The molecule has 1 heteroatoms. The SMILES string of the molecule is Cc1cc(O)c(-c2cccc(-c3cc(-c4ccccc4)cc(-c4ccccc4)c3)c2)cc1-c1cccc(-c2cc(-c3ccccc3)cc(-c3ccccc3)c2)c1C1=C[CH]1. The van der Waals surface area contributed by atoms with E-state index in [1.54, 1.807) is 0 Å². The zero-order valence-corrected chi connectivity index (χ0v) is 32.8. The predicted octanol–water partition coefficient (Wildman–Crippen LogP) is 15.6. The molecule has 0 amide bonds. The van der Waals surface area contributed by atoms with Gasteiger partial charge in [0.2, 0.25) is 0 Å². The van der Waals surface area contributed by atoms with Crippen LogP contribution >= 0.6 is 0 Å². The standard InChI is InChI=1S/C58H41O/c1-39-30-57(59)56(46-25-14-24-45(31-46)51-34-47(40-16-6-2-7-17-40)32-48(35-51)41-18-8-3-9-19-41)38-55(39)54-27-15-26-53(58(54)44-28-29-44)52-36-49(42-20-10-4-11-21-42)33-50(37-52)43-22-12-5-13-23-43/h2-38,59H,1H3. The van der Waals surface area contributed by atoms with E-state index in [9.17, 15) is 5.11 Å². The van der Waals surface area contributed by atoms with Gasteiger partial charge in [0.05, 0.1) is 0 Å². The molecular weight excluding hydrogens is 713 g/mol. The molecule has 0 spiro atoms. The van der Waals surface area contributed by atoms with Crippen LogP contribution in [0.2, 0.25) is 0 Å². The molecule has 1 aliphatic carbocycles. The van der Waals surface area contributed by atoms with Gasteiger partial charge in [-0.25, -0.2) is 0 Å². The molecule has 0 unspecified atom stereocenters. The second-order valence-corrected chi connectivity index (χ2v) is 15.3. The first-order valence-electron chi connectivity index (χ1n) is 20.2. The normalized spacial score (nSPS) is 11.9. The summed E-state index contributed by atoms with van der Waals surface area (Å²) in [5.74, 6) is 0.268. The van der Waals surface area contributed by atoms with Gasteiger partial charge in [0.1, 0.15) is 5.75 Å². The van der Waals surface area contributed by atoms with Crippen molar-refractivity contribution in [3.63, 3.8) is 0 Å². The summed E-state index contributed by atoms with van der Waals surface area (Å²) in [6.45, 7) is 2.10. The molecule has 1 N–H and O–H groups in total. The number of benzene rings is 9. The molecule has 0 saturated heterocycles. The molecule has 279 valence electrons. The summed E-state index contributed by atoms with van der Waals surface area (Å²) < 4.78 is 0.